The topological polar surface area (TPSA) is 66.4 Å². The number of hydrogen-bond acceptors (Lipinski definition) is 3. The summed E-state index contributed by atoms with van der Waals surface area (Å²) in [5, 5.41) is 10.2. The van der Waals surface area contributed by atoms with Crippen molar-refractivity contribution in [3.05, 3.63) is 93.5 Å². The van der Waals surface area contributed by atoms with Gasteiger partial charge in [-0.05, 0) is 35.9 Å². The Morgan fingerprint density at radius 1 is 0.933 bits per heavy atom. The Bertz CT molecular complexity index is 1170. The van der Waals surface area contributed by atoms with Crippen molar-refractivity contribution in [2.75, 3.05) is 4.72 Å². The van der Waals surface area contributed by atoms with Crippen molar-refractivity contribution in [1.29, 1.82) is 0 Å². The highest BCUT2D eigenvalue weighted by atomic mass is 35.5. The molecular formula is C20H14Cl2F3NO3S. The minimum atomic E-state index is -4.83. The van der Waals surface area contributed by atoms with E-state index < -0.39 is 37.8 Å². The van der Waals surface area contributed by atoms with Gasteiger partial charge in [-0.3, -0.25) is 4.72 Å². The molecule has 0 saturated carbocycles. The fourth-order valence-electron chi connectivity index (χ4n) is 2.76. The van der Waals surface area contributed by atoms with Gasteiger partial charge in [-0.2, -0.15) is 13.2 Å². The molecule has 0 bridgehead atoms. The third kappa shape index (κ3) is 4.89. The number of aliphatic hydroxyl groups excluding tert-OH is 1. The van der Waals surface area contributed by atoms with Crippen LogP contribution in [0.15, 0.2) is 71.6 Å². The zero-order chi connectivity index (χ0) is 22.1. The predicted octanol–water partition coefficient (Wildman–Crippen LogP) is 5.89. The second kappa shape index (κ2) is 8.47. The minimum absolute atomic E-state index is 0.0673. The van der Waals surface area contributed by atoms with E-state index in [0.29, 0.717) is 11.6 Å². The van der Waals surface area contributed by atoms with Crippen LogP contribution in [0.4, 0.5) is 18.9 Å². The first-order valence-corrected chi connectivity index (χ1v) is 10.6. The lowest BCUT2D eigenvalue weighted by Crippen LogP contribution is -2.17. The Kier molecular flexibility index (Phi) is 6.33. The van der Waals surface area contributed by atoms with Crippen LogP contribution in [0, 0.1) is 0 Å². The molecule has 0 fully saturated rings. The quantitative estimate of drug-likeness (QED) is 0.483. The van der Waals surface area contributed by atoms with Crippen LogP contribution in [-0.2, 0) is 16.2 Å². The summed E-state index contributed by atoms with van der Waals surface area (Å²) in [5.41, 5.74) is -0.671. The number of nitrogens with one attached hydrogen (secondary N) is 1. The summed E-state index contributed by atoms with van der Waals surface area (Å²) in [6.45, 7) is 0. The van der Waals surface area contributed by atoms with Gasteiger partial charge in [-0.25, -0.2) is 8.42 Å². The summed E-state index contributed by atoms with van der Waals surface area (Å²) in [7, 11) is -4.45. The molecule has 2 N–H and O–H groups in total. The summed E-state index contributed by atoms with van der Waals surface area (Å²) < 4.78 is 67.1. The number of benzene rings is 3. The van der Waals surface area contributed by atoms with E-state index in [1.165, 1.54) is 18.2 Å². The van der Waals surface area contributed by atoms with Crippen LogP contribution >= 0.6 is 23.2 Å². The Labute approximate surface area is 180 Å². The van der Waals surface area contributed by atoms with Gasteiger partial charge in [0.2, 0.25) is 0 Å². The molecule has 0 radical (unpaired) electrons. The predicted molar refractivity (Wildman–Crippen MR) is 109 cm³/mol. The summed E-state index contributed by atoms with van der Waals surface area (Å²) in [4.78, 5) is -0.639. The smallest absolute Gasteiger partial charge is 0.384 e. The third-order valence-electron chi connectivity index (χ3n) is 4.22. The number of hydrogen-bond donors (Lipinski definition) is 2. The molecule has 3 aromatic rings. The van der Waals surface area contributed by atoms with E-state index in [9.17, 15) is 26.7 Å². The second-order valence-electron chi connectivity index (χ2n) is 6.29. The van der Waals surface area contributed by atoms with E-state index >= 15 is 0 Å². The number of halogens is 5. The van der Waals surface area contributed by atoms with Crippen molar-refractivity contribution < 1.29 is 26.7 Å². The lowest BCUT2D eigenvalue weighted by atomic mass is 10.0. The molecule has 0 aromatic heterocycles. The molecular weight excluding hydrogens is 462 g/mol. The van der Waals surface area contributed by atoms with Crippen LogP contribution in [0.1, 0.15) is 22.8 Å². The maximum atomic E-state index is 13.1. The largest absolute Gasteiger partial charge is 0.417 e. The maximum absolute atomic E-state index is 13.1. The zero-order valence-electron chi connectivity index (χ0n) is 15.0. The van der Waals surface area contributed by atoms with Gasteiger partial charge in [-0.15, -0.1) is 0 Å². The first-order chi connectivity index (χ1) is 14.0. The van der Waals surface area contributed by atoms with Crippen LogP contribution in [0.5, 0.6) is 0 Å². The highest BCUT2D eigenvalue weighted by molar-refractivity contribution is 7.92. The van der Waals surface area contributed by atoms with Gasteiger partial charge in [0.05, 0.1) is 21.2 Å². The van der Waals surface area contributed by atoms with Crippen molar-refractivity contribution >= 4 is 38.9 Å². The third-order valence-corrected chi connectivity index (χ3v) is 6.15. The molecule has 3 rings (SSSR count). The summed E-state index contributed by atoms with van der Waals surface area (Å²) >= 11 is 11.5. The Morgan fingerprint density at radius 2 is 1.60 bits per heavy atom. The van der Waals surface area contributed by atoms with Gasteiger partial charge in [0.25, 0.3) is 10.0 Å². The average Bonchev–Trinajstić information content (AvgIpc) is 2.67. The number of alkyl halides is 3. The number of sulfonamides is 1. The monoisotopic (exact) mass is 475 g/mol. The minimum Gasteiger partial charge on any atom is -0.384 e. The molecule has 0 aliphatic carbocycles. The zero-order valence-corrected chi connectivity index (χ0v) is 17.3. The van der Waals surface area contributed by atoms with Crippen LogP contribution in [0.3, 0.4) is 0 Å². The van der Waals surface area contributed by atoms with Gasteiger partial charge in [-0.1, -0.05) is 59.6 Å². The fourth-order valence-corrected chi connectivity index (χ4v) is 4.26. The normalized spacial score (nSPS) is 13.1. The molecule has 30 heavy (non-hydrogen) atoms. The van der Waals surface area contributed by atoms with E-state index in [0.717, 1.165) is 12.1 Å². The van der Waals surface area contributed by atoms with E-state index in [2.05, 4.69) is 4.72 Å². The number of aliphatic hydroxyl groups is 1. The Balaban J connectivity index is 2.03. The first-order valence-electron chi connectivity index (χ1n) is 8.41. The molecule has 0 heterocycles. The maximum Gasteiger partial charge on any atom is 0.417 e. The average molecular weight is 476 g/mol. The molecule has 1 unspecified atom stereocenters. The molecule has 3 aromatic carbocycles. The van der Waals surface area contributed by atoms with E-state index in [-0.39, 0.29) is 16.3 Å². The van der Waals surface area contributed by atoms with E-state index in [1.807, 2.05) is 0 Å². The van der Waals surface area contributed by atoms with Gasteiger partial charge >= 0.3 is 6.18 Å². The van der Waals surface area contributed by atoms with Crippen molar-refractivity contribution in [2.45, 2.75) is 17.2 Å². The van der Waals surface area contributed by atoms with E-state index in [1.54, 1.807) is 30.3 Å². The lowest BCUT2D eigenvalue weighted by Gasteiger charge is -2.18. The van der Waals surface area contributed by atoms with Crippen molar-refractivity contribution in [1.82, 2.24) is 0 Å². The van der Waals surface area contributed by atoms with Crippen molar-refractivity contribution in [3.8, 4) is 0 Å². The summed E-state index contributed by atoms with van der Waals surface area (Å²) in [6.07, 6.45) is -6.02. The Hall–Kier alpha value is -2.26. The number of rotatable bonds is 5. The first kappa shape index (κ1) is 22.4. The van der Waals surface area contributed by atoms with Gasteiger partial charge in [0, 0.05) is 10.6 Å². The number of anilines is 1. The van der Waals surface area contributed by atoms with Crippen LogP contribution in [-0.4, -0.2) is 13.5 Å². The van der Waals surface area contributed by atoms with Crippen LogP contribution < -0.4 is 4.72 Å². The molecule has 1 atom stereocenters. The summed E-state index contributed by atoms with van der Waals surface area (Å²) in [6, 6.07) is 14.9. The summed E-state index contributed by atoms with van der Waals surface area (Å²) in [5.74, 6) is 0. The molecule has 10 heteroatoms. The molecule has 158 valence electrons. The van der Waals surface area contributed by atoms with E-state index in [4.69, 9.17) is 23.2 Å². The molecule has 0 aliphatic rings. The van der Waals surface area contributed by atoms with Crippen LogP contribution in [0.2, 0.25) is 10.0 Å². The van der Waals surface area contributed by atoms with Crippen LogP contribution in [0.25, 0.3) is 0 Å². The SMILES string of the molecule is O=S(=O)(Nc1cc(Cl)ccc1C(O)c1ccccc1)c1ccc(Cl)c(C(F)(F)F)c1. The molecule has 0 aliphatic heterocycles. The molecule has 0 spiro atoms. The standard InChI is InChI=1S/C20H14Cl2F3NO3S/c21-13-6-8-15(19(27)12-4-2-1-3-5-12)18(10-13)26-30(28,29)14-7-9-17(22)16(11-14)20(23,24)25/h1-11,19,26-27H. The fraction of sp³-hybridized carbons (Fsp3) is 0.100. The molecule has 4 nitrogen and oxygen atoms in total. The van der Waals surface area contributed by atoms with Gasteiger partial charge < -0.3 is 5.11 Å². The second-order valence-corrected chi connectivity index (χ2v) is 8.82. The van der Waals surface area contributed by atoms with Crippen molar-refractivity contribution in [2.24, 2.45) is 0 Å². The highest BCUT2D eigenvalue weighted by Crippen LogP contribution is 2.37. The van der Waals surface area contributed by atoms with Crippen molar-refractivity contribution in [3.63, 3.8) is 0 Å². The van der Waals surface area contributed by atoms with Gasteiger partial charge in [0.15, 0.2) is 0 Å². The lowest BCUT2D eigenvalue weighted by molar-refractivity contribution is -0.137. The highest BCUT2D eigenvalue weighted by Gasteiger charge is 2.34. The molecule has 0 amide bonds. The molecule has 0 saturated heterocycles. The Morgan fingerprint density at radius 3 is 2.23 bits per heavy atom. The van der Waals surface area contributed by atoms with Gasteiger partial charge in [0.1, 0.15) is 6.10 Å².